The second-order valence-corrected chi connectivity index (χ2v) is 5.54. The van der Waals surface area contributed by atoms with Gasteiger partial charge in [-0.05, 0) is 47.9 Å². The van der Waals surface area contributed by atoms with Gasteiger partial charge in [0.15, 0.2) is 0 Å². The normalized spacial score (nSPS) is 23.4. The molecule has 0 unspecified atom stereocenters. The molecule has 3 heteroatoms. The Morgan fingerprint density at radius 3 is 2.53 bits per heavy atom. The molecule has 1 fully saturated rings. The lowest BCUT2D eigenvalue weighted by atomic mass is 9.90. The van der Waals surface area contributed by atoms with E-state index in [9.17, 15) is 0 Å². The third-order valence-electron chi connectivity index (χ3n) is 3.21. The highest BCUT2D eigenvalue weighted by Gasteiger charge is 2.27. The second-order valence-electron chi connectivity index (χ2n) is 4.62. The Hall–Kier alpha value is -1.06. The van der Waals surface area contributed by atoms with E-state index in [4.69, 9.17) is 10.5 Å². The van der Waals surface area contributed by atoms with Gasteiger partial charge in [0, 0.05) is 10.5 Å². The number of fused-ring (bicyclic) bond motifs is 1. The number of hydrogen-bond acceptors (Lipinski definition) is 2. The zero-order chi connectivity index (χ0) is 11.8. The van der Waals surface area contributed by atoms with E-state index < -0.39 is 0 Å². The van der Waals surface area contributed by atoms with Crippen LogP contribution in [0.25, 0.3) is 10.8 Å². The van der Waals surface area contributed by atoms with Crippen molar-refractivity contribution < 1.29 is 4.74 Å². The Kier molecular flexibility index (Phi) is 2.81. The summed E-state index contributed by atoms with van der Waals surface area (Å²) in [6.45, 7) is 0. The SMILES string of the molecule is NC1CC(Oc2ccc3cc(Br)ccc3c2)C1. The minimum absolute atomic E-state index is 0.304. The molecule has 2 aromatic carbocycles. The summed E-state index contributed by atoms with van der Waals surface area (Å²) < 4.78 is 6.97. The van der Waals surface area contributed by atoms with E-state index in [2.05, 4.69) is 40.2 Å². The summed E-state index contributed by atoms with van der Waals surface area (Å²) in [5, 5.41) is 2.42. The molecule has 1 aliphatic carbocycles. The molecule has 0 bridgehead atoms. The maximum Gasteiger partial charge on any atom is 0.120 e. The van der Waals surface area contributed by atoms with E-state index >= 15 is 0 Å². The van der Waals surface area contributed by atoms with Crippen molar-refractivity contribution in [2.75, 3.05) is 0 Å². The van der Waals surface area contributed by atoms with Crippen LogP contribution in [-0.4, -0.2) is 12.1 Å². The van der Waals surface area contributed by atoms with Crippen LogP contribution in [0.3, 0.4) is 0 Å². The molecule has 0 atom stereocenters. The third-order valence-corrected chi connectivity index (χ3v) is 3.70. The first kappa shape index (κ1) is 11.1. The highest BCUT2D eigenvalue weighted by Crippen LogP contribution is 2.28. The molecule has 2 aromatic rings. The van der Waals surface area contributed by atoms with Gasteiger partial charge in [0.25, 0.3) is 0 Å². The first-order valence-corrected chi connectivity index (χ1v) is 6.61. The zero-order valence-electron chi connectivity index (χ0n) is 9.40. The molecule has 1 saturated carbocycles. The Morgan fingerprint density at radius 2 is 1.76 bits per heavy atom. The molecule has 0 heterocycles. The largest absolute Gasteiger partial charge is 0.490 e. The van der Waals surface area contributed by atoms with Crippen LogP contribution in [0.2, 0.25) is 0 Å². The molecule has 3 rings (SSSR count). The van der Waals surface area contributed by atoms with Crippen molar-refractivity contribution in [3.8, 4) is 5.75 Å². The van der Waals surface area contributed by atoms with Crippen molar-refractivity contribution in [1.82, 2.24) is 0 Å². The molecule has 88 valence electrons. The van der Waals surface area contributed by atoms with Crippen LogP contribution in [-0.2, 0) is 0 Å². The number of benzene rings is 2. The van der Waals surface area contributed by atoms with E-state index in [1.165, 1.54) is 10.8 Å². The van der Waals surface area contributed by atoms with Crippen molar-refractivity contribution in [3.63, 3.8) is 0 Å². The van der Waals surface area contributed by atoms with E-state index in [-0.39, 0.29) is 0 Å². The molecule has 0 radical (unpaired) electrons. The summed E-state index contributed by atoms with van der Waals surface area (Å²) in [7, 11) is 0. The van der Waals surface area contributed by atoms with Crippen LogP contribution in [0.5, 0.6) is 5.75 Å². The summed E-state index contributed by atoms with van der Waals surface area (Å²) in [5.41, 5.74) is 5.74. The van der Waals surface area contributed by atoms with Gasteiger partial charge in [-0.25, -0.2) is 0 Å². The molecule has 0 aromatic heterocycles. The topological polar surface area (TPSA) is 35.2 Å². The molecule has 17 heavy (non-hydrogen) atoms. The summed E-state index contributed by atoms with van der Waals surface area (Å²) in [4.78, 5) is 0. The maximum absolute atomic E-state index is 5.87. The maximum atomic E-state index is 5.87. The van der Waals surface area contributed by atoms with Crippen LogP contribution in [0.15, 0.2) is 40.9 Å². The lowest BCUT2D eigenvalue weighted by molar-refractivity contribution is 0.101. The van der Waals surface area contributed by atoms with E-state index in [1.807, 2.05) is 12.1 Å². The molecule has 0 amide bonds. The van der Waals surface area contributed by atoms with Crippen LogP contribution < -0.4 is 10.5 Å². The molecular formula is C14H14BrNO. The fraction of sp³-hybridized carbons (Fsp3) is 0.286. The minimum Gasteiger partial charge on any atom is -0.490 e. The molecule has 2 nitrogen and oxygen atoms in total. The van der Waals surface area contributed by atoms with Crippen LogP contribution in [0, 0.1) is 0 Å². The van der Waals surface area contributed by atoms with Crippen molar-refractivity contribution in [2.45, 2.75) is 25.0 Å². The summed E-state index contributed by atoms with van der Waals surface area (Å²) in [5.74, 6) is 0.941. The van der Waals surface area contributed by atoms with Gasteiger partial charge in [0.2, 0.25) is 0 Å². The highest BCUT2D eigenvalue weighted by atomic mass is 79.9. The number of hydrogen-bond donors (Lipinski definition) is 1. The second kappa shape index (κ2) is 4.31. The quantitative estimate of drug-likeness (QED) is 0.920. The van der Waals surface area contributed by atoms with Gasteiger partial charge in [-0.1, -0.05) is 28.1 Å². The highest BCUT2D eigenvalue weighted by molar-refractivity contribution is 9.10. The molecule has 0 spiro atoms. The van der Waals surface area contributed by atoms with Crippen LogP contribution >= 0.6 is 15.9 Å². The third kappa shape index (κ3) is 2.31. The number of halogens is 1. The van der Waals surface area contributed by atoms with Gasteiger partial charge in [0.1, 0.15) is 11.9 Å². The lowest BCUT2D eigenvalue weighted by Gasteiger charge is -2.32. The Bertz CT molecular complexity index is 549. The van der Waals surface area contributed by atoms with E-state index in [0.29, 0.717) is 12.1 Å². The summed E-state index contributed by atoms with van der Waals surface area (Å²) in [6, 6.07) is 12.8. The van der Waals surface area contributed by atoms with Gasteiger partial charge in [-0.15, -0.1) is 0 Å². The Balaban J connectivity index is 1.84. The van der Waals surface area contributed by atoms with E-state index in [0.717, 1.165) is 23.1 Å². The number of rotatable bonds is 2. The van der Waals surface area contributed by atoms with Crippen LogP contribution in [0.1, 0.15) is 12.8 Å². The Morgan fingerprint density at radius 1 is 1.06 bits per heavy atom. The van der Waals surface area contributed by atoms with Crippen LogP contribution in [0.4, 0.5) is 0 Å². The number of nitrogens with two attached hydrogens (primary N) is 1. The van der Waals surface area contributed by atoms with Gasteiger partial charge < -0.3 is 10.5 Å². The van der Waals surface area contributed by atoms with Crippen molar-refractivity contribution in [1.29, 1.82) is 0 Å². The fourth-order valence-electron chi connectivity index (χ4n) is 2.16. The molecule has 1 aliphatic rings. The predicted molar refractivity (Wildman–Crippen MR) is 73.3 cm³/mol. The first-order chi connectivity index (χ1) is 8.20. The number of ether oxygens (including phenoxy) is 1. The first-order valence-electron chi connectivity index (χ1n) is 5.82. The van der Waals surface area contributed by atoms with E-state index in [1.54, 1.807) is 0 Å². The fourth-order valence-corrected chi connectivity index (χ4v) is 2.54. The molecule has 0 aliphatic heterocycles. The summed E-state index contributed by atoms with van der Waals surface area (Å²) >= 11 is 3.47. The smallest absolute Gasteiger partial charge is 0.120 e. The molecular weight excluding hydrogens is 278 g/mol. The van der Waals surface area contributed by atoms with Crippen molar-refractivity contribution in [3.05, 3.63) is 40.9 Å². The van der Waals surface area contributed by atoms with Crippen molar-refractivity contribution in [2.24, 2.45) is 5.73 Å². The average Bonchev–Trinajstić information content (AvgIpc) is 2.27. The zero-order valence-corrected chi connectivity index (χ0v) is 11.0. The van der Waals surface area contributed by atoms with Gasteiger partial charge in [0.05, 0.1) is 0 Å². The van der Waals surface area contributed by atoms with Gasteiger partial charge in [-0.3, -0.25) is 0 Å². The molecule has 2 N–H and O–H groups in total. The van der Waals surface area contributed by atoms with Gasteiger partial charge >= 0.3 is 0 Å². The van der Waals surface area contributed by atoms with Crippen molar-refractivity contribution >= 4 is 26.7 Å². The van der Waals surface area contributed by atoms with Gasteiger partial charge in [-0.2, -0.15) is 0 Å². The monoisotopic (exact) mass is 291 g/mol. The lowest BCUT2D eigenvalue weighted by Crippen LogP contribution is -2.43. The Labute approximate surface area is 109 Å². The average molecular weight is 292 g/mol. The standard InChI is InChI=1S/C14H14BrNO/c15-11-3-1-10-6-13(4-2-9(10)5-11)17-14-7-12(16)8-14/h1-6,12,14H,7-8,16H2. The minimum atomic E-state index is 0.304. The predicted octanol–water partition coefficient (Wildman–Crippen LogP) is 3.47. The summed E-state index contributed by atoms with van der Waals surface area (Å²) in [6.07, 6.45) is 2.24. The molecule has 0 saturated heterocycles.